The first-order chi connectivity index (χ1) is 11.7. The highest BCUT2D eigenvalue weighted by atomic mass is 16.6. The quantitative estimate of drug-likeness (QED) is 0.620. The molecule has 0 bridgehead atoms. The molecule has 1 heterocycles. The molecule has 1 saturated heterocycles. The maximum Gasteiger partial charge on any atom is 0.269 e. The average molecular weight is 326 g/mol. The molecule has 0 aromatic heterocycles. The lowest BCUT2D eigenvalue weighted by atomic mass is 9.94. The van der Waals surface area contributed by atoms with Crippen molar-refractivity contribution in [3.8, 4) is 0 Å². The summed E-state index contributed by atoms with van der Waals surface area (Å²) in [6, 6.07) is 17.4. The van der Waals surface area contributed by atoms with Gasteiger partial charge in [-0.25, -0.2) is 0 Å². The summed E-state index contributed by atoms with van der Waals surface area (Å²) in [4.78, 5) is 10.6. The monoisotopic (exact) mass is 326 g/mol. The summed E-state index contributed by atoms with van der Waals surface area (Å²) in [5.74, 6) is 0.563. The summed E-state index contributed by atoms with van der Waals surface area (Å²) in [7, 11) is 0. The highest BCUT2D eigenvalue weighted by Gasteiger charge is 2.21. The number of rotatable bonds is 7. The van der Waals surface area contributed by atoms with Gasteiger partial charge in [0.2, 0.25) is 0 Å². The van der Waals surface area contributed by atoms with Crippen molar-refractivity contribution >= 4 is 5.69 Å². The SMILES string of the molecule is O=[N+]([O-])c1cccc(CN[C@@H](C[C@H]2CCOC2)c2ccccc2)c1. The summed E-state index contributed by atoms with van der Waals surface area (Å²) < 4.78 is 5.50. The molecule has 1 fully saturated rings. The van der Waals surface area contributed by atoms with Gasteiger partial charge in [-0.1, -0.05) is 42.5 Å². The van der Waals surface area contributed by atoms with Crippen molar-refractivity contribution in [2.75, 3.05) is 13.2 Å². The van der Waals surface area contributed by atoms with Crippen LogP contribution in [0, 0.1) is 16.0 Å². The van der Waals surface area contributed by atoms with E-state index in [9.17, 15) is 10.1 Å². The highest BCUT2D eigenvalue weighted by molar-refractivity contribution is 5.34. The lowest BCUT2D eigenvalue weighted by molar-refractivity contribution is -0.384. The number of hydrogen-bond acceptors (Lipinski definition) is 4. The van der Waals surface area contributed by atoms with Crippen molar-refractivity contribution in [3.05, 3.63) is 75.8 Å². The van der Waals surface area contributed by atoms with Crippen LogP contribution in [0.3, 0.4) is 0 Å². The molecule has 0 amide bonds. The van der Waals surface area contributed by atoms with Crippen LogP contribution in [0.2, 0.25) is 0 Å². The van der Waals surface area contributed by atoms with E-state index < -0.39 is 0 Å². The average Bonchev–Trinajstić information content (AvgIpc) is 3.12. The van der Waals surface area contributed by atoms with Crippen LogP contribution in [0.25, 0.3) is 0 Å². The van der Waals surface area contributed by atoms with Crippen molar-refractivity contribution in [2.45, 2.75) is 25.4 Å². The first-order valence-electron chi connectivity index (χ1n) is 8.32. The third-order valence-electron chi connectivity index (χ3n) is 4.47. The summed E-state index contributed by atoms with van der Waals surface area (Å²) in [5, 5.41) is 14.5. The van der Waals surface area contributed by atoms with Gasteiger partial charge in [0.1, 0.15) is 0 Å². The molecule has 126 valence electrons. The van der Waals surface area contributed by atoms with Crippen molar-refractivity contribution in [2.24, 2.45) is 5.92 Å². The van der Waals surface area contributed by atoms with E-state index in [4.69, 9.17) is 4.74 Å². The Morgan fingerprint density at radius 1 is 1.21 bits per heavy atom. The Morgan fingerprint density at radius 3 is 2.75 bits per heavy atom. The molecular formula is C19H22N2O3. The predicted molar refractivity (Wildman–Crippen MR) is 92.7 cm³/mol. The molecule has 0 aliphatic carbocycles. The Kier molecular flexibility index (Phi) is 5.56. The molecular weight excluding hydrogens is 304 g/mol. The van der Waals surface area contributed by atoms with E-state index in [0.717, 1.165) is 31.6 Å². The van der Waals surface area contributed by atoms with Crippen LogP contribution < -0.4 is 5.32 Å². The normalized spacial score (nSPS) is 18.4. The van der Waals surface area contributed by atoms with Crippen molar-refractivity contribution in [3.63, 3.8) is 0 Å². The molecule has 5 heteroatoms. The third kappa shape index (κ3) is 4.40. The second-order valence-electron chi connectivity index (χ2n) is 6.24. The predicted octanol–water partition coefficient (Wildman–Crippen LogP) is 3.85. The number of nitro benzene ring substituents is 1. The molecule has 1 aliphatic rings. The summed E-state index contributed by atoms with van der Waals surface area (Å²) in [5.41, 5.74) is 2.30. The molecule has 2 aromatic carbocycles. The van der Waals surface area contributed by atoms with Gasteiger partial charge < -0.3 is 10.1 Å². The lowest BCUT2D eigenvalue weighted by Gasteiger charge is -2.22. The highest BCUT2D eigenvalue weighted by Crippen LogP contribution is 2.27. The van der Waals surface area contributed by atoms with Crippen LogP contribution >= 0.6 is 0 Å². The van der Waals surface area contributed by atoms with Crippen LogP contribution in [0.5, 0.6) is 0 Å². The molecule has 3 rings (SSSR count). The zero-order chi connectivity index (χ0) is 16.8. The van der Waals surface area contributed by atoms with Gasteiger partial charge in [0.15, 0.2) is 0 Å². The first kappa shape index (κ1) is 16.6. The fourth-order valence-corrected chi connectivity index (χ4v) is 3.15. The van der Waals surface area contributed by atoms with Gasteiger partial charge in [0, 0.05) is 37.9 Å². The Morgan fingerprint density at radius 2 is 2.04 bits per heavy atom. The summed E-state index contributed by atoms with van der Waals surface area (Å²) >= 11 is 0. The smallest absolute Gasteiger partial charge is 0.269 e. The Balaban J connectivity index is 1.69. The van der Waals surface area contributed by atoms with E-state index in [1.807, 2.05) is 24.3 Å². The van der Waals surface area contributed by atoms with Crippen LogP contribution in [-0.4, -0.2) is 18.1 Å². The largest absolute Gasteiger partial charge is 0.381 e. The molecule has 0 unspecified atom stereocenters. The molecule has 24 heavy (non-hydrogen) atoms. The Hall–Kier alpha value is -2.24. The van der Waals surface area contributed by atoms with Crippen molar-refractivity contribution in [1.29, 1.82) is 0 Å². The lowest BCUT2D eigenvalue weighted by Crippen LogP contribution is -2.23. The first-order valence-corrected chi connectivity index (χ1v) is 8.32. The summed E-state index contributed by atoms with van der Waals surface area (Å²) in [6.45, 7) is 2.27. The van der Waals surface area contributed by atoms with E-state index in [1.165, 1.54) is 11.6 Å². The zero-order valence-corrected chi connectivity index (χ0v) is 13.6. The van der Waals surface area contributed by atoms with Gasteiger partial charge in [-0.15, -0.1) is 0 Å². The minimum absolute atomic E-state index is 0.134. The van der Waals surface area contributed by atoms with Gasteiger partial charge in [-0.2, -0.15) is 0 Å². The van der Waals surface area contributed by atoms with E-state index >= 15 is 0 Å². The Labute approximate surface area is 141 Å². The molecule has 1 aliphatic heterocycles. The number of ether oxygens (including phenoxy) is 1. The number of nitrogens with one attached hydrogen (secondary N) is 1. The van der Waals surface area contributed by atoms with Gasteiger partial charge in [-0.3, -0.25) is 10.1 Å². The van der Waals surface area contributed by atoms with Gasteiger partial charge in [-0.05, 0) is 29.9 Å². The van der Waals surface area contributed by atoms with Gasteiger partial charge in [0.25, 0.3) is 5.69 Å². The molecule has 0 spiro atoms. The van der Waals surface area contributed by atoms with Gasteiger partial charge >= 0.3 is 0 Å². The summed E-state index contributed by atoms with van der Waals surface area (Å²) in [6.07, 6.45) is 2.11. The minimum Gasteiger partial charge on any atom is -0.381 e. The van der Waals surface area contributed by atoms with Crippen molar-refractivity contribution in [1.82, 2.24) is 5.32 Å². The topological polar surface area (TPSA) is 64.4 Å². The zero-order valence-electron chi connectivity index (χ0n) is 13.6. The molecule has 0 radical (unpaired) electrons. The second kappa shape index (κ2) is 8.04. The van der Waals surface area contributed by atoms with Gasteiger partial charge in [0.05, 0.1) is 4.92 Å². The minimum atomic E-state index is -0.353. The van der Waals surface area contributed by atoms with Crippen LogP contribution in [-0.2, 0) is 11.3 Å². The van der Waals surface area contributed by atoms with E-state index in [2.05, 4.69) is 17.4 Å². The molecule has 1 N–H and O–H groups in total. The van der Waals surface area contributed by atoms with E-state index in [1.54, 1.807) is 12.1 Å². The standard InChI is InChI=1S/C19H22N2O3/c22-21(23)18-8-4-5-15(11-18)13-20-19(12-16-9-10-24-14-16)17-6-2-1-3-7-17/h1-8,11,16,19-20H,9-10,12-14H2/t16-,19+/m1/s1. The van der Waals surface area contributed by atoms with Crippen LogP contribution in [0.1, 0.15) is 30.0 Å². The molecule has 2 aromatic rings. The molecule has 2 atom stereocenters. The van der Waals surface area contributed by atoms with Crippen LogP contribution in [0.4, 0.5) is 5.69 Å². The number of nitrogens with zero attached hydrogens (tertiary/aromatic N) is 1. The molecule has 5 nitrogen and oxygen atoms in total. The van der Waals surface area contributed by atoms with E-state index in [0.29, 0.717) is 12.5 Å². The fourth-order valence-electron chi connectivity index (χ4n) is 3.15. The van der Waals surface area contributed by atoms with Crippen molar-refractivity contribution < 1.29 is 9.66 Å². The fraction of sp³-hybridized carbons (Fsp3) is 0.368. The maximum atomic E-state index is 10.9. The third-order valence-corrected chi connectivity index (χ3v) is 4.47. The number of nitro groups is 1. The number of hydrogen-bond donors (Lipinski definition) is 1. The second-order valence-corrected chi connectivity index (χ2v) is 6.24. The Bertz CT molecular complexity index is 669. The van der Waals surface area contributed by atoms with E-state index in [-0.39, 0.29) is 16.7 Å². The molecule has 0 saturated carbocycles. The number of benzene rings is 2. The van der Waals surface area contributed by atoms with Crippen LogP contribution in [0.15, 0.2) is 54.6 Å². The number of non-ortho nitro benzene ring substituents is 1. The maximum absolute atomic E-state index is 10.9.